The standard InChI is InChI=1S/C24H30ClN3O/c1-15(26)4-11-23(28(2)14-16-5-6-16)24-19-9-7-17(25)12-22(19)27-21-10-8-18(29-3)13-20(21)24/h7-10,12-13,15-16,23H,4-6,11,14,26H2,1-3H3. The SMILES string of the molecule is COc1ccc2nc3cc(Cl)ccc3c(C(CCC(C)N)N(C)CC3CC3)c2c1. The number of fused-ring (bicyclic) bond motifs is 2. The fourth-order valence-corrected chi connectivity index (χ4v) is 4.42. The van der Waals surface area contributed by atoms with Gasteiger partial charge in [0.05, 0.1) is 18.1 Å². The van der Waals surface area contributed by atoms with Crippen LogP contribution in [-0.4, -0.2) is 36.6 Å². The molecule has 2 atom stereocenters. The Bertz CT molecular complexity index is 1020. The molecule has 154 valence electrons. The smallest absolute Gasteiger partial charge is 0.119 e. The Balaban J connectivity index is 1.93. The lowest BCUT2D eigenvalue weighted by atomic mass is 9.91. The summed E-state index contributed by atoms with van der Waals surface area (Å²) in [6, 6.07) is 12.6. The summed E-state index contributed by atoms with van der Waals surface area (Å²) >= 11 is 6.30. The molecule has 4 rings (SSSR count). The predicted molar refractivity (Wildman–Crippen MR) is 122 cm³/mol. The maximum absolute atomic E-state index is 6.30. The van der Waals surface area contributed by atoms with E-state index in [-0.39, 0.29) is 12.1 Å². The minimum Gasteiger partial charge on any atom is -0.497 e. The summed E-state index contributed by atoms with van der Waals surface area (Å²) in [5.74, 6) is 1.67. The molecule has 0 amide bonds. The van der Waals surface area contributed by atoms with E-state index in [4.69, 9.17) is 27.1 Å². The first kappa shape index (κ1) is 20.4. The molecule has 3 aromatic rings. The average Bonchev–Trinajstić information content (AvgIpc) is 3.50. The summed E-state index contributed by atoms with van der Waals surface area (Å²) in [7, 11) is 3.96. The van der Waals surface area contributed by atoms with Gasteiger partial charge in [-0.1, -0.05) is 17.7 Å². The van der Waals surface area contributed by atoms with Gasteiger partial charge in [0.1, 0.15) is 5.75 Å². The number of methoxy groups -OCH3 is 1. The lowest BCUT2D eigenvalue weighted by Gasteiger charge is -2.31. The van der Waals surface area contributed by atoms with E-state index in [9.17, 15) is 0 Å². The molecule has 2 N–H and O–H groups in total. The van der Waals surface area contributed by atoms with E-state index in [1.165, 1.54) is 18.4 Å². The van der Waals surface area contributed by atoms with Crippen LogP contribution in [0.3, 0.4) is 0 Å². The van der Waals surface area contributed by atoms with Crippen LogP contribution in [0.15, 0.2) is 36.4 Å². The summed E-state index contributed by atoms with van der Waals surface area (Å²) in [6.07, 6.45) is 4.66. The first-order valence-electron chi connectivity index (χ1n) is 10.5. The molecule has 1 aliphatic rings. The molecule has 2 aromatic carbocycles. The van der Waals surface area contributed by atoms with Gasteiger partial charge >= 0.3 is 0 Å². The van der Waals surface area contributed by atoms with Gasteiger partial charge in [-0.2, -0.15) is 0 Å². The molecule has 0 aliphatic heterocycles. The molecule has 0 radical (unpaired) electrons. The van der Waals surface area contributed by atoms with Crippen LogP contribution in [-0.2, 0) is 0 Å². The number of benzene rings is 2. The number of nitrogens with two attached hydrogens (primary N) is 1. The minimum absolute atomic E-state index is 0.176. The summed E-state index contributed by atoms with van der Waals surface area (Å²) in [5, 5.41) is 3.02. The van der Waals surface area contributed by atoms with Crippen LogP contribution in [0.1, 0.15) is 44.2 Å². The Morgan fingerprint density at radius 1 is 1.14 bits per heavy atom. The lowest BCUT2D eigenvalue weighted by molar-refractivity contribution is 0.220. The zero-order valence-electron chi connectivity index (χ0n) is 17.5. The number of hydrogen-bond acceptors (Lipinski definition) is 4. The van der Waals surface area contributed by atoms with E-state index in [0.717, 1.165) is 52.9 Å². The summed E-state index contributed by atoms with van der Waals surface area (Å²) in [5.41, 5.74) is 9.38. The van der Waals surface area contributed by atoms with Gasteiger partial charge in [-0.3, -0.25) is 4.90 Å². The molecule has 0 bridgehead atoms. The Hall–Kier alpha value is -1.88. The van der Waals surface area contributed by atoms with E-state index in [0.29, 0.717) is 5.02 Å². The second-order valence-electron chi connectivity index (χ2n) is 8.52. The van der Waals surface area contributed by atoms with Crippen molar-refractivity contribution >= 4 is 33.4 Å². The van der Waals surface area contributed by atoms with E-state index >= 15 is 0 Å². The van der Waals surface area contributed by atoms with Gasteiger partial charge in [-0.25, -0.2) is 4.98 Å². The van der Waals surface area contributed by atoms with E-state index in [1.54, 1.807) is 7.11 Å². The monoisotopic (exact) mass is 411 g/mol. The molecule has 1 saturated carbocycles. The van der Waals surface area contributed by atoms with Crippen LogP contribution < -0.4 is 10.5 Å². The van der Waals surface area contributed by atoms with Crippen molar-refractivity contribution in [1.82, 2.24) is 9.88 Å². The third-order valence-corrected chi connectivity index (χ3v) is 6.22. The molecule has 0 saturated heterocycles. The molecule has 1 fully saturated rings. The zero-order valence-corrected chi connectivity index (χ0v) is 18.2. The van der Waals surface area contributed by atoms with Crippen LogP contribution in [0.2, 0.25) is 5.02 Å². The largest absolute Gasteiger partial charge is 0.497 e. The van der Waals surface area contributed by atoms with Gasteiger partial charge in [0.25, 0.3) is 0 Å². The number of ether oxygens (including phenoxy) is 1. The van der Waals surface area contributed by atoms with Crippen LogP contribution in [0.25, 0.3) is 21.8 Å². The van der Waals surface area contributed by atoms with Crippen molar-refractivity contribution in [3.8, 4) is 5.75 Å². The molecule has 2 unspecified atom stereocenters. The fourth-order valence-electron chi connectivity index (χ4n) is 4.26. The Labute approximate surface area is 178 Å². The van der Waals surface area contributed by atoms with Crippen molar-refractivity contribution in [2.24, 2.45) is 11.7 Å². The first-order valence-corrected chi connectivity index (χ1v) is 10.9. The second-order valence-corrected chi connectivity index (χ2v) is 8.96. The molecule has 1 aromatic heterocycles. The number of halogens is 1. The minimum atomic E-state index is 0.176. The Morgan fingerprint density at radius 3 is 2.62 bits per heavy atom. The third kappa shape index (κ3) is 4.50. The first-order chi connectivity index (χ1) is 14.0. The van der Waals surface area contributed by atoms with Gasteiger partial charge in [0, 0.05) is 34.4 Å². The number of nitrogens with zero attached hydrogens (tertiary/aromatic N) is 2. The van der Waals surface area contributed by atoms with E-state index in [2.05, 4.69) is 31.0 Å². The molecule has 1 heterocycles. The molecule has 5 heteroatoms. The maximum atomic E-state index is 6.30. The van der Waals surface area contributed by atoms with Crippen LogP contribution >= 0.6 is 11.6 Å². The highest BCUT2D eigenvalue weighted by Crippen LogP contribution is 2.40. The van der Waals surface area contributed by atoms with Crippen molar-refractivity contribution in [1.29, 1.82) is 0 Å². The van der Waals surface area contributed by atoms with Crippen molar-refractivity contribution in [2.45, 2.75) is 44.7 Å². The number of hydrogen-bond donors (Lipinski definition) is 1. The highest BCUT2D eigenvalue weighted by atomic mass is 35.5. The van der Waals surface area contributed by atoms with Crippen molar-refractivity contribution in [2.75, 3.05) is 20.7 Å². The number of pyridine rings is 1. The molecule has 1 aliphatic carbocycles. The molecule has 4 nitrogen and oxygen atoms in total. The number of aromatic nitrogens is 1. The fraction of sp³-hybridized carbons (Fsp3) is 0.458. The second kappa shape index (κ2) is 8.47. The normalized spacial score (nSPS) is 16.5. The molecule has 0 spiro atoms. The van der Waals surface area contributed by atoms with Gasteiger partial charge in [0.2, 0.25) is 0 Å². The Morgan fingerprint density at radius 2 is 1.93 bits per heavy atom. The average molecular weight is 412 g/mol. The summed E-state index contributed by atoms with van der Waals surface area (Å²) in [4.78, 5) is 7.42. The zero-order chi connectivity index (χ0) is 20.5. The molecular formula is C24H30ClN3O. The van der Waals surface area contributed by atoms with Gasteiger partial charge in [0.15, 0.2) is 0 Å². The van der Waals surface area contributed by atoms with E-state index < -0.39 is 0 Å². The quantitative estimate of drug-likeness (QED) is 0.493. The van der Waals surface area contributed by atoms with E-state index in [1.807, 2.05) is 24.3 Å². The van der Waals surface area contributed by atoms with Gasteiger partial charge in [-0.05, 0) is 81.5 Å². The highest BCUT2D eigenvalue weighted by Gasteiger charge is 2.29. The van der Waals surface area contributed by atoms with Crippen LogP contribution in [0.4, 0.5) is 0 Å². The van der Waals surface area contributed by atoms with Crippen molar-refractivity contribution in [3.63, 3.8) is 0 Å². The van der Waals surface area contributed by atoms with Crippen molar-refractivity contribution in [3.05, 3.63) is 47.0 Å². The van der Waals surface area contributed by atoms with Gasteiger partial charge < -0.3 is 10.5 Å². The lowest BCUT2D eigenvalue weighted by Crippen LogP contribution is -2.29. The molecular weight excluding hydrogens is 382 g/mol. The van der Waals surface area contributed by atoms with Crippen molar-refractivity contribution < 1.29 is 4.74 Å². The summed E-state index contributed by atoms with van der Waals surface area (Å²) < 4.78 is 5.54. The topological polar surface area (TPSA) is 51.4 Å². The molecule has 29 heavy (non-hydrogen) atoms. The number of rotatable bonds is 8. The van der Waals surface area contributed by atoms with Crippen LogP contribution in [0, 0.1) is 5.92 Å². The van der Waals surface area contributed by atoms with Crippen LogP contribution in [0.5, 0.6) is 5.75 Å². The highest BCUT2D eigenvalue weighted by molar-refractivity contribution is 6.31. The predicted octanol–water partition coefficient (Wildman–Crippen LogP) is 5.56. The maximum Gasteiger partial charge on any atom is 0.119 e. The van der Waals surface area contributed by atoms with Gasteiger partial charge in [-0.15, -0.1) is 0 Å². The summed E-state index contributed by atoms with van der Waals surface area (Å²) in [6.45, 7) is 3.20. The third-order valence-electron chi connectivity index (χ3n) is 5.99. The Kier molecular flexibility index (Phi) is 5.95.